The molecule has 3 rings (SSSR count). The van der Waals surface area contributed by atoms with Gasteiger partial charge in [0.2, 0.25) is 23.6 Å². The molecule has 0 fully saturated rings. The highest BCUT2D eigenvalue weighted by Gasteiger charge is 2.44. The first-order valence-electron chi connectivity index (χ1n) is 21.8. The number of nitrogens with one attached hydrogen (secondary N) is 4. The van der Waals surface area contributed by atoms with E-state index in [0.29, 0.717) is 12.8 Å². The highest BCUT2D eigenvalue weighted by Crippen LogP contribution is 2.56. The number of rotatable bonds is 31. The maximum Gasteiger partial charge on any atom is 0.328 e. The summed E-state index contributed by atoms with van der Waals surface area (Å²) < 4.78 is 14.1. The van der Waals surface area contributed by atoms with Crippen LogP contribution >= 0.6 is 28.9 Å². The Labute approximate surface area is 404 Å². The number of aliphatic carboxylic acids is 1. The van der Waals surface area contributed by atoms with E-state index in [4.69, 9.17) is 15.6 Å². The van der Waals surface area contributed by atoms with E-state index in [1.807, 2.05) is 54.6 Å². The number of ether oxygens (including phenoxy) is 3. The topological polar surface area (TPSA) is 276 Å². The molecule has 0 aliphatic heterocycles. The van der Waals surface area contributed by atoms with E-state index >= 15 is 0 Å². The third kappa shape index (κ3) is 19.1. The molecule has 0 saturated heterocycles. The molecule has 0 aliphatic rings. The number of ketones is 1. The number of nitrogens with two attached hydrogens (primary N) is 1. The lowest BCUT2D eigenvalue weighted by Gasteiger charge is -2.27. The SMILES string of the molecule is COC(=O)CCC(=O)C(CSSCC(NC(=O)CCC(N)C(=O)O)C(=O)NCC(=O)OC)NC(=O)CCC(NC(=O)CCCC[P+](c1ccccc1)(c1ccccc1)c1ccccc1)C(=O)OC. The summed E-state index contributed by atoms with van der Waals surface area (Å²) in [5, 5.41) is 22.9. The minimum Gasteiger partial charge on any atom is -0.480 e. The molecular formula is C47H61N5O13PS2+. The summed E-state index contributed by atoms with van der Waals surface area (Å²) in [6, 6.07) is 26.3. The number of hydrogen-bond acceptors (Lipinski definition) is 15. The summed E-state index contributed by atoms with van der Waals surface area (Å²) in [5.41, 5.74) is 5.49. The van der Waals surface area contributed by atoms with E-state index in [0.717, 1.165) is 34.9 Å². The molecule has 0 bridgehead atoms. The van der Waals surface area contributed by atoms with Gasteiger partial charge in [-0.25, -0.2) is 4.79 Å². The Kier molecular flexibility index (Phi) is 25.4. The number of carbonyl (C=O) groups is 9. The van der Waals surface area contributed by atoms with E-state index in [9.17, 15) is 43.2 Å². The Bertz CT molecular complexity index is 2040. The molecular weight excluding hydrogens is 938 g/mol. The zero-order valence-corrected chi connectivity index (χ0v) is 40.9. The largest absolute Gasteiger partial charge is 0.480 e. The van der Waals surface area contributed by atoms with Crippen LogP contribution in [0.3, 0.4) is 0 Å². The molecule has 0 radical (unpaired) electrons. The van der Waals surface area contributed by atoms with Gasteiger partial charge in [-0.1, -0.05) is 76.2 Å². The van der Waals surface area contributed by atoms with Crippen molar-refractivity contribution in [2.45, 2.75) is 82.0 Å². The summed E-state index contributed by atoms with van der Waals surface area (Å²) in [6.45, 7) is -0.492. The second-order valence-electron chi connectivity index (χ2n) is 15.3. The molecule has 0 saturated carbocycles. The second kappa shape index (κ2) is 30.5. The minimum absolute atomic E-state index is 0.0616. The lowest BCUT2D eigenvalue weighted by Crippen LogP contribution is -2.49. The Morgan fingerprint density at radius 2 is 1.04 bits per heavy atom. The van der Waals surface area contributed by atoms with Crippen LogP contribution in [0.5, 0.6) is 0 Å². The molecule has 4 atom stereocenters. The molecule has 68 heavy (non-hydrogen) atoms. The van der Waals surface area contributed by atoms with Crippen molar-refractivity contribution in [1.82, 2.24) is 21.3 Å². The summed E-state index contributed by atoms with van der Waals surface area (Å²) in [5.74, 6) is -6.58. The standard InChI is InChI=1S/C47H60N5O13PS2/c1-63-43(57)27-24-39(53)37(30-67-68-31-38(45(59)49-29-44(58)64-2)52-41(55)25-22-35(48)46(60)61)51-42(56)26-23-36(47(62)65-3)50-40(54)21-13-14-28-66(32-15-7-4-8-16-32,33-17-9-5-10-18-33)34-19-11-6-12-20-34/h4-12,15-20,35-38H,13-14,21-31,48H2,1-3H3,(H4-,49,50,51,52,54,55,56,59,60,61)/p+1. The molecule has 7 N–H and O–H groups in total. The van der Waals surface area contributed by atoms with Gasteiger partial charge in [0.1, 0.15) is 47.8 Å². The van der Waals surface area contributed by atoms with Gasteiger partial charge in [0, 0.05) is 37.2 Å². The van der Waals surface area contributed by atoms with Crippen LogP contribution in [0, 0.1) is 0 Å². The van der Waals surface area contributed by atoms with Crippen molar-refractivity contribution in [2.75, 3.05) is 45.5 Å². The zero-order chi connectivity index (χ0) is 49.9. The van der Waals surface area contributed by atoms with E-state index in [-0.39, 0.29) is 56.5 Å². The Morgan fingerprint density at radius 1 is 0.574 bits per heavy atom. The van der Waals surface area contributed by atoms with Crippen molar-refractivity contribution in [1.29, 1.82) is 0 Å². The monoisotopic (exact) mass is 998 g/mol. The molecule has 18 nitrogen and oxygen atoms in total. The lowest BCUT2D eigenvalue weighted by atomic mass is 10.1. The first-order valence-corrected chi connectivity index (χ1v) is 26.3. The predicted molar refractivity (Wildman–Crippen MR) is 262 cm³/mol. The Balaban J connectivity index is 1.64. The molecule has 3 aromatic rings. The van der Waals surface area contributed by atoms with Crippen molar-refractivity contribution >= 4 is 98.1 Å². The highest BCUT2D eigenvalue weighted by molar-refractivity contribution is 8.76. The fraction of sp³-hybridized carbons (Fsp3) is 0.426. The molecule has 0 aliphatic carbocycles. The Hall–Kier alpha value is -5.82. The van der Waals surface area contributed by atoms with Crippen LogP contribution in [0.25, 0.3) is 0 Å². The second-order valence-corrected chi connectivity index (χ2v) is 21.5. The van der Waals surface area contributed by atoms with Crippen molar-refractivity contribution in [3.8, 4) is 0 Å². The molecule has 368 valence electrons. The number of carboxylic acid groups (broad SMARTS) is 1. The lowest BCUT2D eigenvalue weighted by molar-refractivity contribution is -0.145. The van der Waals surface area contributed by atoms with E-state index in [2.05, 4.69) is 67.1 Å². The minimum atomic E-state index is -2.11. The van der Waals surface area contributed by atoms with Gasteiger partial charge in [-0.05, 0) is 62.1 Å². The van der Waals surface area contributed by atoms with Crippen LogP contribution in [-0.4, -0.2) is 128 Å². The zero-order valence-electron chi connectivity index (χ0n) is 38.3. The van der Waals surface area contributed by atoms with Crippen LogP contribution in [0.4, 0.5) is 0 Å². The van der Waals surface area contributed by atoms with Crippen molar-refractivity contribution in [2.24, 2.45) is 5.73 Å². The molecule has 0 heterocycles. The number of amides is 4. The quantitative estimate of drug-likeness (QED) is 0.0177. The maximum absolute atomic E-state index is 13.3. The molecule has 4 amide bonds. The van der Waals surface area contributed by atoms with Crippen LogP contribution in [-0.2, 0) is 57.4 Å². The smallest absolute Gasteiger partial charge is 0.328 e. The van der Waals surface area contributed by atoms with Crippen LogP contribution in [0.2, 0.25) is 0 Å². The van der Waals surface area contributed by atoms with E-state index < -0.39 is 91.3 Å². The highest BCUT2D eigenvalue weighted by atomic mass is 33.1. The van der Waals surface area contributed by atoms with Gasteiger partial charge in [0.15, 0.2) is 5.78 Å². The van der Waals surface area contributed by atoms with E-state index in [1.165, 1.54) is 30.1 Å². The normalized spacial score (nSPS) is 12.8. The van der Waals surface area contributed by atoms with Crippen molar-refractivity contribution < 1.29 is 62.5 Å². The molecule has 0 aromatic heterocycles. The van der Waals surface area contributed by atoms with Gasteiger partial charge in [0.25, 0.3) is 0 Å². The van der Waals surface area contributed by atoms with E-state index in [1.54, 1.807) is 0 Å². The molecule has 21 heteroatoms. The average Bonchev–Trinajstić information content (AvgIpc) is 3.36. The first-order chi connectivity index (χ1) is 32.6. The van der Waals surface area contributed by atoms with Crippen molar-refractivity contribution in [3.63, 3.8) is 0 Å². The molecule has 4 unspecified atom stereocenters. The first kappa shape index (κ1) is 56.5. The fourth-order valence-electron chi connectivity index (χ4n) is 6.88. The van der Waals surface area contributed by atoms with Gasteiger partial charge in [0.05, 0.1) is 40.0 Å². The Morgan fingerprint density at radius 3 is 1.54 bits per heavy atom. The van der Waals surface area contributed by atoms with Gasteiger partial charge in [-0.15, -0.1) is 0 Å². The van der Waals surface area contributed by atoms with Gasteiger partial charge in [-0.3, -0.25) is 38.4 Å². The van der Waals surface area contributed by atoms with Gasteiger partial charge < -0.3 is 46.3 Å². The number of unbranched alkanes of at least 4 members (excludes halogenated alkanes) is 1. The van der Waals surface area contributed by atoms with Crippen LogP contribution in [0.1, 0.15) is 57.8 Å². The number of hydrogen-bond donors (Lipinski definition) is 6. The molecule has 0 spiro atoms. The third-order valence-corrected chi connectivity index (χ3v) is 17.5. The van der Waals surface area contributed by atoms with Crippen molar-refractivity contribution in [3.05, 3.63) is 91.0 Å². The van der Waals surface area contributed by atoms with Crippen LogP contribution in [0.15, 0.2) is 91.0 Å². The predicted octanol–water partition coefficient (Wildman–Crippen LogP) is 1.94. The van der Waals surface area contributed by atoms with Gasteiger partial charge in [-0.2, -0.15) is 0 Å². The summed E-state index contributed by atoms with van der Waals surface area (Å²) in [6.07, 6.45) is 0.632. The summed E-state index contributed by atoms with van der Waals surface area (Å²) in [4.78, 5) is 113. The molecule has 3 aromatic carbocycles. The fourth-order valence-corrected chi connectivity index (χ4v) is 13.7. The average molecular weight is 999 g/mol. The number of carboxylic acids is 1. The number of Topliss-reactive ketones (excluding diaryl/α,β-unsaturated/α-hetero) is 1. The number of methoxy groups -OCH3 is 3. The van der Waals surface area contributed by atoms with Crippen LogP contribution < -0.4 is 42.9 Å². The number of benzene rings is 3. The number of carbonyl (C=O) groups excluding carboxylic acids is 8. The summed E-state index contributed by atoms with van der Waals surface area (Å²) in [7, 11) is 3.45. The third-order valence-electron chi connectivity index (χ3n) is 10.6. The number of esters is 3. The van der Waals surface area contributed by atoms with Gasteiger partial charge >= 0.3 is 23.9 Å². The summed E-state index contributed by atoms with van der Waals surface area (Å²) >= 11 is 0. The maximum atomic E-state index is 13.3.